The van der Waals surface area contributed by atoms with Gasteiger partial charge in [-0.3, -0.25) is 0 Å². The Hall–Kier alpha value is -2.14. The predicted octanol–water partition coefficient (Wildman–Crippen LogP) is 4.96. The lowest BCUT2D eigenvalue weighted by Crippen LogP contribution is -1.99. The van der Waals surface area contributed by atoms with Crippen molar-refractivity contribution in [2.24, 2.45) is 0 Å². The zero-order valence-electron chi connectivity index (χ0n) is 13.0. The van der Waals surface area contributed by atoms with E-state index in [1.165, 1.54) is 4.88 Å². The summed E-state index contributed by atoms with van der Waals surface area (Å²) in [4.78, 5) is 11.1. The summed E-state index contributed by atoms with van der Waals surface area (Å²) >= 11 is 1.72. The third-order valence-electron chi connectivity index (χ3n) is 3.36. The van der Waals surface area contributed by atoms with Crippen LogP contribution in [0.15, 0.2) is 36.7 Å². The van der Waals surface area contributed by atoms with Crippen molar-refractivity contribution in [1.82, 2.24) is 9.97 Å². The second-order valence-electron chi connectivity index (χ2n) is 5.30. The van der Waals surface area contributed by atoms with Gasteiger partial charge in [0.05, 0.1) is 17.7 Å². The van der Waals surface area contributed by atoms with E-state index < -0.39 is 0 Å². The van der Waals surface area contributed by atoms with Crippen molar-refractivity contribution in [3.8, 4) is 5.75 Å². The van der Waals surface area contributed by atoms with Crippen LogP contribution in [0.3, 0.4) is 0 Å². The zero-order valence-corrected chi connectivity index (χ0v) is 13.8. The molecular weight excluding hydrogens is 294 g/mol. The number of ether oxygens (including phenoxy) is 1. The first kappa shape index (κ1) is 14.8. The maximum absolute atomic E-state index is 5.66. The number of thiophene rings is 1. The molecule has 3 rings (SSSR count). The van der Waals surface area contributed by atoms with E-state index >= 15 is 0 Å². The number of nitrogens with zero attached hydrogens (tertiary/aromatic N) is 2. The third-order valence-corrected chi connectivity index (χ3v) is 4.70. The highest BCUT2D eigenvalue weighted by Gasteiger charge is 2.12. The van der Waals surface area contributed by atoms with E-state index in [1.54, 1.807) is 17.7 Å². The van der Waals surface area contributed by atoms with Crippen LogP contribution in [0.4, 0.5) is 11.5 Å². The Morgan fingerprint density at radius 1 is 1.23 bits per heavy atom. The molecule has 2 heterocycles. The molecule has 114 valence electrons. The van der Waals surface area contributed by atoms with Gasteiger partial charge >= 0.3 is 0 Å². The number of benzene rings is 1. The van der Waals surface area contributed by atoms with Gasteiger partial charge in [-0.05, 0) is 31.0 Å². The number of para-hydroxylation sites is 2. The fourth-order valence-electron chi connectivity index (χ4n) is 2.24. The number of hydrogen-bond donors (Lipinski definition) is 1. The standard InChI is InChI=1S/C17H19N3OS/c1-4-21-14-8-6-5-7-13(14)20-16-12-9-15(11(2)3)22-17(12)19-10-18-16/h5-11H,4H2,1-3H3,(H,18,19,20). The zero-order chi connectivity index (χ0) is 15.5. The van der Waals surface area contributed by atoms with E-state index in [1.807, 2.05) is 31.2 Å². The van der Waals surface area contributed by atoms with Crippen LogP contribution in [-0.4, -0.2) is 16.6 Å². The number of nitrogens with one attached hydrogen (secondary N) is 1. The maximum atomic E-state index is 5.66. The number of hydrogen-bond acceptors (Lipinski definition) is 5. The Bertz CT molecular complexity index is 782. The highest BCUT2D eigenvalue weighted by molar-refractivity contribution is 7.18. The minimum Gasteiger partial charge on any atom is -0.492 e. The third kappa shape index (κ3) is 2.90. The van der Waals surface area contributed by atoms with E-state index in [0.717, 1.165) is 27.5 Å². The number of aromatic nitrogens is 2. The van der Waals surface area contributed by atoms with Crippen LogP contribution >= 0.6 is 11.3 Å². The van der Waals surface area contributed by atoms with Crippen LogP contribution in [0.1, 0.15) is 31.6 Å². The lowest BCUT2D eigenvalue weighted by molar-refractivity contribution is 0.342. The molecular formula is C17H19N3OS. The van der Waals surface area contributed by atoms with Gasteiger partial charge in [0, 0.05) is 4.88 Å². The van der Waals surface area contributed by atoms with Crippen molar-refractivity contribution in [3.05, 3.63) is 41.5 Å². The van der Waals surface area contributed by atoms with Gasteiger partial charge in [0.15, 0.2) is 0 Å². The Morgan fingerprint density at radius 2 is 2.05 bits per heavy atom. The largest absolute Gasteiger partial charge is 0.492 e. The van der Waals surface area contributed by atoms with Crippen LogP contribution in [-0.2, 0) is 0 Å². The summed E-state index contributed by atoms with van der Waals surface area (Å²) in [5.41, 5.74) is 0.918. The Balaban J connectivity index is 2.00. The fourth-order valence-corrected chi connectivity index (χ4v) is 3.24. The van der Waals surface area contributed by atoms with E-state index in [-0.39, 0.29) is 0 Å². The lowest BCUT2D eigenvalue weighted by Gasteiger charge is -2.11. The first-order valence-corrected chi connectivity index (χ1v) is 8.24. The summed E-state index contributed by atoms with van der Waals surface area (Å²) < 4.78 is 5.66. The van der Waals surface area contributed by atoms with Gasteiger partial charge in [-0.15, -0.1) is 11.3 Å². The molecule has 22 heavy (non-hydrogen) atoms. The van der Waals surface area contributed by atoms with Crippen molar-refractivity contribution >= 4 is 33.1 Å². The summed E-state index contributed by atoms with van der Waals surface area (Å²) in [5.74, 6) is 2.14. The van der Waals surface area contributed by atoms with Gasteiger partial charge in [-0.25, -0.2) is 9.97 Å². The summed E-state index contributed by atoms with van der Waals surface area (Å²) in [6.45, 7) is 6.99. The average Bonchev–Trinajstić information content (AvgIpc) is 2.95. The molecule has 0 radical (unpaired) electrons. The van der Waals surface area contributed by atoms with Crippen LogP contribution in [0, 0.1) is 0 Å². The molecule has 0 aliphatic carbocycles. The van der Waals surface area contributed by atoms with Crippen molar-refractivity contribution in [1.29, 1.82) is 0 Å². The maximum Gasteiger partial charge on any atom is 0.142 e. The molecule has 0 aliphatic rings. The van der Waals surface area contributed by atoms with E-state index in [9.17, 15) is 0 Å². The monoisotopic (exact) mass is 313 g/mol. The molecule has 4 nitrogen and oxygen atoms in total. The molecule has 1 aromatic carbocycles. The molecule has 3 aromatic rings. The first-order chi connectivity index (χ1) is 10.7. The molecule has 0 aliphatic heterocycles. The Morgan fingerprint density at radius 3 is 2.82 bits per heavy atom. The van der Waals surface area contributed by atoms with Gasteiger partial charge < -0.3 is 10.1 Å². The smallest absolute Gasteiger partial charge is 0.142 e. The summed E-state index contributed by atoms with van der Waals surface area (Å²) in [6, 6.07) is 10.1. The highest BCUT2D eigenvalue weighted by atomic mass is 32.1. The van der Waals surface area contributed by atoms with Crippen LogP contribution in [0.25, 0.3) is 10.2 Å². The highest BCUT2D eigenvalue weighted by Crippen LogP contribution is 2.35. The van der Waals surface area contributed by atoms with Gasteiger partial charge in [0.1, 0.15) is 22.7 Å². The first-order valence-electron chi connectivity index (χ1n) is 7.42. The number of anilines is 2. The van der Waals surface area contributed by atoms with Gasteiger partial charge in [0.2, 0.25) is 0 Å². The molecule has 0 unspecified atom stereocenters. The Labute approximate surface area is 134 Å². The van der Waals surface area contributed by atoms with E-state index in [4.69, 9.17) is 4.74 Å². The predicted molar refractivity (Wildman–Crippen MR) is 92.4 cm³/mol. The topological polar surface area (TPSA) is 47.0 Å². The second kappa shape index (κ2) is 6.32. The van der Waals surface area contributed by atoms with E-state index in [0.29, 0.717) is 12.5 Å². The molecule has 0 fully saturated rings. The van der Waals surface area contributed by atoms with Gasteiger partial charge in [-0.2, -0.15) is 0 Å². The molecule has 1 N–H and O–H groups in total. The normalized spacial score (nSPS) is 11.1. The van der Waals surface area contributed by atoms with Crippen molar-refractivity contribution in [3.63, 3.8) is 0 Å². The van der Waals surface area contributed by atoms with Crippen LogP contribution in [0.5, 0.6) is 5.75 Å². The minimum atomic E-state index is 0.489. The van der Waals surface area contributed by atoms with Gasteiger partial charge in [-0.1, -0.05) is 26.0 Å². The number of fused-ring (bicyclic) bond motifs is 1. The quantitative estimate of drug-likeness (QED) is 0.723. The van der Waals surface area contributed by atoms with Crippen LogP contribution in [0.2, 0.25) is 0 Å². The Kier molecular flexibility index (Phi) is 4.24. The van der Waals surface area contributed by atoms with E-state index in [2.05, 4.69) is 35.2 Å². The average molecular weight is 313 g/mol. The van der Waals surface area contributed by atoms with Gasteiger partial charge in [0.25, 0.3) is 0 Å². The summed E-state index contributed by atoms with van der Waals surface area (Å²) in [7, 11) is 0. The van der Waals surface area contributed by atoms with Crippen LogP contribution < -0.4 is 10.1 Å². The molecule has 0 spiro atoms. The lowest BCUT2D eigenvalue weighted by atomic mass is 10.1. The molecule has 0 saturated carbocycles. The SMILES string of the molecule is CCOc1ccccc1Nc1ncnc2sc(C(C)C)cc12. The molecule has 0 atom stereocenters. The second-order valence-corrected chi connectivity index (χ2v) is 6.36. The molecule has 2 aromatic heterocycles. The fraction of sp³-hybridized carbons (Fsp3) is 0.294. The molecule has 0 amide bonds. The minimum absolute atomic E-state index is 0.489. The van der Waals surface area contributed by atoms with Crippen molar-refractivity contribution < 1.29 is 4.74 Å². The molecule has 5 heteroatoms. The van der Waals surface area contributed by atoms with Crippen molar-refractivity contribution in [2.75, 3.05) is 11.9 Å². The number of rotatable bonds is 5. The molecule has 0 saturated heterocycles. The summed E-state index contributed by atoms with van der Waals surface area (Å²) in [6.07, 6.45) is 1.61. The summed E-state index contributed by atoms with van der Waals surface area (Å²) in [5, 5.41) is 4.44. The van der Waals surface area contributed by atoms with Crippen molar-refractivity contribution in [2.45, 2.75) is 26.7 Å². The molecule has 0 bridgehead atoms.